The highest BCUT2D eigenvalue weighted by atomic mass is 32.1. The first-order chi connectivity index (χ1) is 14.9. The molecule has 0 aliphatic carbocycles. The number of hydrogen-bond donors (Lipinski definition) is 0. The van der Waals surface area contributed by atoms with Crippen molar-refractivity contribution in [2.75, 3.05) is 13.4 Å². The van der Waals surface area contributed by atoms with Gasteiger partial charge >= 0.3 is 5.97 Å². The largest absolute Gasteiger partial charge is 0.465 e. The SMILES string of the molecule is CCOC(=O)Cn1c(=NC(=O)C=Cc2ccc3c(c2)OCO3)sc2cc(F)cc(F)c21. The van der Waals surface area contributed by atoms with Gasteiger partial charge in [0.25, 0.3) is 5.91 Å². The molecule has 4 rings (SSSR count). The highest BCUT2D eigenvalue weighted by molar-refractivity contribution is 7.16. The van der Waals surface area contributed by atoms with Crippen LogP contribution in [0.1, 0.15) is 12.5 Å². The molecule has 160 valence electrons. The van der Waals surface area contributed by atoms with E-state index in [4.69, 9.17) is 14.2 Å². The van der Waals surface area contributed by atoms with Crippen LogP contribution in [-0.2, 0) is 20.9 Å². The first-order valence-corrected chi connectivity index (χ1v) is 10.1. The smallest absolute Gasteiger partial charge is 0.326 e. The standard InChI is InChI=1S/C21H16F2N2O5S/c1-2-28-19(27)10-25-20-14(23)8-13(22)9-17(20)31-21(25)24-18(26)6-4-12-3-5-15-16(7-12)30-11-29-15/h3-9H,2,10-11H2,1H3. The lowest BCUT2D eigenvalue weighted by Gasteiger charge is -2.05. The second kappa shape index (κ2) is 8.68. The van der Waals surface area contributed by atoms with Crippen LogP contribution in [0.4, 0.5) is 8.78 Å². The fraction of sp³-hybridized carbons (Fsp3) is 0.190. The normalized spacial score (nSPS) is 13.3. The summed E-state index contributed by atoms with van der Waals surface area (Å²) >= 11 is 0.896. The molecule has 0 saturated heterocycles. The van der Waals surface area contributed by atoms with Crippen molar-refractivity contribution in [2.24, 2.45) is 4.99 Å². The molecule has 7 nitrogen and oxygen atoms in total. The van der Waals surface area contributed by atoms with Gasteiger partial charge < -0.3 is 18.8 Å². The van der Waals surface area contributed by atoms with Crippen molar-refractivity contribution in [3.63, 3.8) is 0 Å². The van der Waals surface area contributed by atoms with Gasteiger partial charge in [0, 0.05) is 12.1 Å². The van der Waals surface area contributed by atoms with E-state index in [2.05, 4.69) is 4.99 Å². The molecule has 1 amide bonds. The Balaban J connectivity index is 1.69. The zero-order valence-corrected chi connectivity index (χ0v) is 17.1. The molecule has 0 N–H and O–H groups in total. The van der Waals surface area contributed by atoms with Crippen LogP contribution in [0.2, 0.25) is 0 Å². The van der Waals surface area contributed by atoms with Gasteiger partial charge in [-0.1, -0.05) is 17.4 Å². The maximum Gasteiger partial charge on any atom is 0.326 e. The molecular weight excluding hydrogens is 430 g/mol. The molecule has 0 unspecified atom stereocenters. The van der Waals surface area contributed by atoms with Crippen LogP contribution in [0.25, 0.3) is 16.3 Å². The molecule has 0 saturated carbocycles. The Morgan fingerprint density at radius 3 is 2.84 bits per heavy atom. The Labute approximate surface area is 178 Å². The summed E-state index contributed by atoms with van der Waals surface area (Å²) in [4.78, 5) is 28.4. The second-order valence-electron chi connectivity index (χ2n) is 6.41. The minimum Gasteiger partial charge on any atom is -0.465 e. The third-order valence-electron chi connectivity index (χ3n) is 4.31. The lowest BCUT2D eigenvalue weighted by Crippen LogP contribution is -2.23. The first kappa shape index (κ1) is 20.7. The molecule has 2 heterocycles. The van der Waals surface area contributed by atoms with Crippen LogP contribution in [0.15, 0.2) is 41.4 Å². The van der Waals surface area contributed by atoms with Gasteiger partial charge in [-0.25, -0.2) is 8.78 Å². The Bertz CT molecular complexity index is 1280. The Morgan fingerprint density at radius 2 is 2.03 bits per heavy atom. The Kier molecular flexibility index (Phi) is 5.81. The average molecular weight is 446 g/mol. The van der Waals surface area contributed by atoms with Crippen LogP contribution in [0.5, 0.6) is 11.5 Å². The van der Waals surface area contributed by atoms with Crippen molar-refractivity contribution in [3.8, 4) is 11.5 Å². The summed E-state index contributed by atoms with van der Waals surface area (Å²) in [6.45, 7) is 1.55. The second-order valence-corrected chi connectivity index (χ2v) is 7.42. The lowest BCUT2D eigenvalue weighted by atomic mass is 10.2. The zero-order valence-electron chi connectivity index (χ0n) is 16.3. The van der Waals surface area contributed by atoms with Gasteiger partial charge in [-0.3, -0.25) is 9.59 Å². The summed E-state index contributed by atoms with van der Waals surface area (Å²) in [5, 5.41) is 0. The molecule has 0 radical (unpaired) electrons. The summed E-state index contributed by atoms with van der Waals surface area (Å²) in [6.07, 6.45) is 2.77. The number of ether oxygens (including phenoxy) is 3. The summed E-state index contributed by atoms with van der Waals surface area (Å²) in [6, 6.07) is 7.01. The van der Waals surface area contributed by atoms with Gasteiger partial charge in [0.2, 0.25) is 6.79 Å². The fourth-order valence-electron chi connectivity index (χ4n) is 3.01. The Hall–Kier alpha value is -3.53. The molecule has 0 bridgehead atoms. The van der Waals surface area contributed by atoms with E-state index in [1.54, 1.807) is 25.1 Å². The predicted octanol–water partition coefficient (Wildman–Crippen LogP) is 3.41. The third-order valence-corrected chi connectivity index (χ3v) is 5.33. The minimum atomic E-state index is -0.861. The molecule has 0 fully saturated rings. The van der Waals surface area contributed by atoms with Gasteiger partial charge in [0.1, 0.15) is 12.4 Å². The van der Waals surface area contributed by atoms with Gasteiger partial charge in [0.15, 0.2) is 22.1 Å². The van der Waals surface area contributed by atoms with Crippen molar-refractivity contribution in [3.05, 3.63) is 58.4 Å². The number of amides is 1. The van der Waals surface area contributed by atoms with E-state index >= 15 is 0 Å². The van der Waals surface area contributed by atoms with Crippen molar-refractivity contribution in [1.82, 2.24) is 4.57 Å². The van der Waals surface area contributed by atoms with Crippen molar-refractivity contribution >= 4 is 39.5 Å². The Morgan fingerprint density at radius 1 is 1.23 bits per heavy atom. The van der Waals surface area contributed by atoms with Gasteiger partial charge in [-0.05, 0) is 36.8 Å². The molecule has 1 aliphatic heterocycles. The summed E-state index contributed by atoms with van der Waals surface area (Å²) in [5.41, 5.74) is 0.669. The van der Waals surface area contributed by atoms with Crippen molar-refractivity contribution in [1.29, 1.82) is 0 Å². The number of fused-ring (bicyclic) bond motifs is 2. The molecule has 1 aliphatic rings. The van der Waals surface area contributed by atoms with E-state index in [0.29, 0.717) is 23.1 Å². The van der Waals surface area contributed by atoms with Gasteiger partial charge in [-0.15, -0.1) is 0 Å². The quantitative estimate of drug-likeness (QED) is 0.443. The molecule has 0 spiro atoms. The van der Waals surface area contributed by atoms with Crippen LogP contribution in [-0.4, -0.2) is 29.8 Å². The van der Waals surface area contributed by atoms with Crippen LogP contribution < -0.4 is 14.3 Å². The fourth-order valence-corrected chi connectivity index (χ4v) is 4.09. The van der Waals surface area contributed by atoms with E-state index in [-0.39, 0.29) is 35.0 Å². The highest BCUT2D eigenvalue weighted by Gasteiger charge is 2.17. The average Bonchev–Trinajstić information content (AvgIpc) is 3.31. The molecule has 10 heteroatoms. The van der Waals surface area contributed by atoms with Crippen LogP contribution in [0, 0.1) is 11.6 Å². The highest BCUT2D eigenvalue weighted by Crippen LogP contribution is 2.32. The van der Waals surface area contributed by atoms with Crippen molar-refractivity contribution in [2.45, 2.75) is 13.5 Å². The summed E-state index contributed by atoms with van der Waals surface area (Å²) < 4.78 is 44.9. The monoisotopic (exact) mass is 446 g/mol. The zero-order chi connectivity index (χ0) is 22.0. The predicted molar refractivity (Wildman–Crippen MR) is 109 cm³/mol. The minimum absolute atomic E-state index is 0.0225. The third kappa shape index (κ3) is 4.48. The molecule has 1 aromatic heterocycles. The van der Waals surface area contributed by atoms with Crippen LogP contribution in [0.3, 0.4) is 0 Å². The first-order valence-electron chi connectivity index (χ1n) is 9.25. The van der Waals surface area contributed by atoms with E-state index in [1.807, 2.05) is 0 Å². The maximum absolute atomic E-state index is 14.4. The van der Waals surface area contributed by atoms with Crippen LogP contribution >= 0.6 is 11.3 Å². The topological polar surface area (TPSA) is 79.1 Å². The number of hydrogen-bond acceptors (Lipinski definition) is 6. The summed E-state index contributed by atoms with van der Waals surface area (Å²) in [7, 11) is 0. The van der Waals surface area contributed by atoms with Crippen molar-refractivity contribution < 1.29 is 32.6 Å². The number of halogens is 2. The molecule has 2 aromatic carbocycles. The number of nitrogens with zero attached hydrogens (tertiary/aromatic N) is 2. The van der Waals surface area contributed by atoms with Gasteiger partial charge in [0.05, 0.1) is 16.8 Å². The number of thiazole rings is 1. The summed E-state index contributed by atoms with van der Waals surface area (Å²) in [5.74, 6) is -1.71. The molecule has 31 heavy (non-hydrogen) atoms. The number of carbonyl (C=O) groups excluding carboxylic acids is 2. The van der Waals surface area contributed by atoms with E-state index in [0.717, 1.165) is 17.4 Å². The maximum atomic E-state index is 14.4. The van der Waals surface area contributed by atoms with E-state index in [9.17, 15) is 18.4 Å². The molecule has 0 atom stereocenters. The number of carbonyl (C=O) groups is 2. The van der Waals surface area contributed by atoms with Gasteiger partial charge in [-0.2, -0.15) is 4.99 Å². The number of esters is 1. The molecule has 3 aromatic rings. The molecular formula is C21H16F2N2O5S. The van der Waals surface area contributed by atoms with E-state index in [1.165, 1.54) is 16.7 Å². The number of benzene rings is 2. The van der Waals surface area contributed by atoms with E-state index < -0.39 is 23.5 Å². The number of rotatable bonds is 5. The lowest BCUT2D eigenvalue weighted by molar-refractivity contribution is -0.143. The number of aromatic nitrogens is 1.